The molecule has 0 saturated carbocycles. The van der Waals surface area contributed by atoms with Gasteiger partial charge < -0.3 is 19.5 Å². The molecule has 3 aromatic carbocycles. The maximum absolute atomic E-state index is 13.1. The Hall–Kier alpha value is -4.31. The minimum absolute atomic E-state index is 0.113. The maximum Gasteiger partial charge on any atom is 0.471 e. The Bertz CT molecular complexity index is 1610. The number of alkyl halides is 3. The molecule has 0 bridgehead atoms. The predicted octanol–water partition coefficient (Wildman–Crippen LogP) is 5.58. The van der Waals surface area contributed by atoms with Crippen molar-refractivity contribution in [2.75, 3.05) is 36.4 Å². The number of benzene rings is 3. The Labute approximate surface area is 225 Å². The molecule has 1 aliphatic rings. The third kappa shape index (κ3) is 5.61. The van der Waals surface area contributed by atoms with E-state index in [1.165, 1.54) is 0 Å². The second-order valence-electron chi connectivity index (χ2n) is 8.96. The third-order valence-electron chi connectivity index (χ3n) is 6.46. The first-order valence-electron chi connectivity index (χ1n) is 12.0. The normalized spacial score (nSPS) is 13.9. The highest BCUT2D eigenvalue weighted by Gasteiger charge is 2.43. The van der Waals surface area contributed by atoms with Crippen molar-refractivity contribution in [2.45, 2.75) is 6.18 Å². The molecular weight excluding hydrogens is 535 g/mol. The molecule has 2 heterocycles. The molecule has 5 rings (SSSR count). The van der Waals surface area contributed by atoms with E-state index >= 15 is 0 Å². The summed E-state index contributed by atoms with van der Waals surface area (Å²) >= 11 is 6.16. The zero-order chi connectivity index (χ0) is 27.7. The highest BCUT2D eigenvalue weighted by atomic mass is 35.5. The van der Waals surface area contributed by atoms with E-state index in [1.54, 1.807) is 65.6 Å². The molecule has 4 aromatic rings. The molecule has 1 fully saturated rings. The van der Waals surface area contributed by atoms with Gasteiger partial charge in [-0.2, -0.15) is 13.2 Å². The fourth-order valence-electron chi connectivity index (χ4n) is 4.47. The molecule has 0 atom stereocenters. The summed E-state index contributed by atoms with van der Waals surface area (Å²) in [5.74, 6) is -2.31. The Kier molecular flexibility index (Phi) is 7.05. The van der Waals surface area contributed by atoms with E-state index in [1.807, 2.05) is 12.1 Å². The molecule has 1 saturated heterocycles. The molecule has 0 aliphatic carbocycles. The van der Waals surface area contributed by atoms with Crippen LogP contribution in [0.2, 0.25) is 5.02 Å². The van der Waals surface area contributed by atoms with Crippen molar-refractivity contribution in [1.29, 1.82) is 0 Å². The number of rotatable bonds is 4. The number of anilines is 2. The van der Waals surface area contributed by atoms with Crippen molar-refractivity contribution in [1.82, 2.24) is 4.90 Å². The van der Waals surface area contributed by atoms with Crippen molar-refractivity contribution in [2.24, 2.45) is 0 Å². The molecule has 200 valence electrons. The predicted molar refractivity (Wildman–Crippen MR) is 142 cm³/mol. The lowest BCUT2D eigenvalue weighted by molar-refractivity contribution is -0.185. The highest BCUT2D eigenvalue weighted by molar-refractivity contribution is 6.31. The van der Waals surface area contributed by atoms with Crippen LogP contribution >= 0.6 is 11.6 Å². The number of fused-ring (bicyclic) bond motifs is 1. The monoisotopic (exact) mass is 555 g/mol. The second kappa shape index (κ2) is 10.5. The largest absolute Gasteiger partial charge is 0.471 e. The molecule has 1 N–H and O–H groups in total. The number of piperazine rings is 1. The number of hydrogen-bond acceptors (Lipinski definition) is 5. The Morgan fingerprint density at radius 2 is 1.59 bits per heavy atom. The van der Waals surface area contributed by atoms with Gasteiger partial charge in [0.15, 0.2) is 0 Å². The molecule has 1 aliphatic heterocycles. The van der Waals surface area contributed by atoms with Crippen LogP contribution in [0.1, 0.15) is 10.4 Å². The summed E-state index contributed by atoms with van der Waals surface area (Å²) in [4.78, 5) is 39.7. The molecule has 11 heteroatoms. The van der Waals surface area contributed by atoms with Crippen LogP contribution < -0.4 is 15.8 Å². The van der Waals surface area contributed by atoms with Crippen LogP contribution in [-0.2, 0) is 4.79 Å². The standard InChI is InChI=1S/C28H21ClF3N3O4/c29-20-9-10-23(34-11-13-35(14-12-34)27(38)28(30,31)32)22(16-20)33-25(36)18-7-5-17(6-8-18)21-15-19-3-1-2-4-24(19)39-26(21)37/h1-10,15-16H,11-14H2,(H,33,36). The topological polar surface area (TPSA) is 82.9 Å². The van der Waals surface area contributed by atoms with Crippen LogP contribution in [0, 0.1) is 0 Å². The van der Waals surface area contributed by atoms with Crippen LogP contribution in [0.25, 0.3) is 22.1 Å². The Balaban J connectivity index is 1.32. The SMILES string of the molecule is O=C(Nc1cc(Cl)ccc1N1CCN(C(=O)C(F)(F)F)CC1)c1ccc(-c2cc3ccccc3oc2=O)cc1. The summed E-state index contributed by atoms with van der Waals surface area (Å²) in [5.41, 5.74) is 2.19. The smallest absolute Gasteiger partial charge is 0.422 e. The Morgan fingerprint density at radius 1 is 0.897 bits per heavy atom. The average molecular weight is 556 g/mol. The summed E-state index contributed by atoms with van der Waals surface area (Å²) in [6.07, 6.45) is -4.92. The van der Waals surface area contributed by atoms with E-state index < -0.39 is 23.6 Å². The molecule has 1 aromatic heterocycles. The van der Waals surface area contributed by atoms with Gasteiger partial charge in [0.25, 0.3) is 5.91 Å². The molecule has 2 amide bonds. The minimum atomic E-state index is -4.92. The lowest BCUT2D eigenvalue weighted by atomic mass is 10.0. The van der Waals surface area contributed by atoms with Gasteiger partial charge in [0.2, 0.25) is 0 Å². The fraction of sp³-hybridized carbons (Fsp3) is 0.179. The van der Waals surface area contributed by atoms with Gasteiger partial charge in [0.05, 0.1) is 16.9 Å². The van der Waals surface area contributed by atoms with E-state index in [4.69, 9.17) is 16.0 Å². The zero-order valence-corrected chi connectivity index (χ0v) is 21.1. The summed E-state index contributed by atoms with van der Waals surface area (Å²) < 4.78 is 43.7. The molecule has 0 unspecified atom stereocenters. The number of carbonyl (C=O) groups excluding carboxylic acids is 2. The molecule has 7 nitrogen and oxygen atoms in total. The fourth-order valence-corrected chi connectivity index (χ4v) is 4.64. The number of nitrogens with zero attached hydrogens (tertiary/aromatic N) is 2. The van der Waals surface area contributed by atoms with Gasteiger partial charge in [-0.1, -0.05) is 41.9 Å². The molecule has 0 radical (unpaired) electrons. The van der Waals surface area contributed by atoms with E-state index in [0.717, 1.165) is 10.3 Å². The molecule has 0 spiro atoms. The van der Waals surface area contributed by atoms with E-state index in [0.29, 0.717) is 38.7 Å². The first-order valence-corrected chi connectivity index (χ1v) is 12.3. The van der Waals surface area contributed by atoms with Gasteiger partial charge >= 0.3 is 17.7 Å². The van der Waals surface area contributed by atoms with E-state index in [-0.39, 0.29) is 26.2 Å². The molecular formula is C28H21ClF3N3O4. The third-order valence-corrected chi connectivity index (χ3v) is 6.69. The van der Waals surface area contributed by atoms with Gasteiger partial charge in [0.1, 0.15) is 5.58 Å². The van der Waals surface area contributed by atoms with Crippen molar-refractivity contribution in [3.05, 3.63) is 93.8 Å². The lowest BCUT2D eigenvalue weighted by Crippen LogP contribution is -2.52. The zero-order valence-electron chi connectivity index (χ0n) is 20.3. The van der Waals surface area contributed by atoms with Crippen molar-refractivity contribution >= 4 is 45.8 Å². The maximum atomic E-state index is 13.1. The van der Waals surface area contributed by atoms with Gasteiger partial charge in [-0.15, -0.1) is 0 Å². The quantitative estimate of drug-likeness (QED) is 0.333. The van der Waals surface area contributed by atoms with Crippen LogP contribution in [0.3, 0.4) is 0 Å². The van der Waals surface area contributed by atoms with Gasteiger partial charge in [-0.25, -0.2) is 4.79 Å². The summed E-state index contributed by atoms with van der Waals surface area (Å²) in [7, 11) is 0. The average Bonchev–Trinajstić information content (AvgIpc) is 2.92. The van der Waals surface area contributed by atoms with Crippen LogP contribution in [0.15, 0.2) is 82.0 Å². The van der Waals surface area contributed by atoms with Gasteiger partial charge in [-0.05, 0) is 48.0 Å². The number of para-hydroxylation sites is 1. The highest BCUT2D eigenvalue weighted by Crippen LogP contribution is 2.31. The van der Waals surface area contributed by atoms with E-state index in [2.05, 4.69) is 5.32 Å². The van der Waals surface area contributed by atoms with Crippen LogP contribution in [0.5, 0.6) is 0 Å². The first-order chi connectivity index (χ1) is 18.6. The second-order valence-corrected chi connectivity index (χ2v) is 9.39. The summed E-state index contributed by atoms with van der Waals surface area (Å²) in [6.45, 7) is 0.0713. The molecule has 39 heavy (non-hydrogen) atoms. The van der Waals surface area contributed by atoms with Gasteiger partial charge in [-0.3, -0.25) is 9.59 Å². The first kappa shape index (κ1) is 26.3. The number of amides is 2. The van der Waals surface area contributed by atoms with Crippen molar-refractivity contribution in [3.8, 4) is 11.1 Å². The van der Waals surface area contributed by atoms with E-state index in [9.17, 15) is 27.6 Å². The van der Waals surface area contributed by atoms with Gasteiger partial charge in [0, 0.05) is 42.2 Å². The van der Waals surface area contributed by atoms with Crippen molar-refractivity contribution < 1.29 is 27.2 Å². The number of hydrogen-bond donors (Lipinski definition) is 1. The minimum Gasteiger partial charge on any atom is -0.422 e. The number of nitrogens with one attached hydrogen (secondary N) is 1. The summed E-state index contributed by atoms with van der Waals surface area (Å²) in [5, 5.41) is 3.94. The van der Waals surface area contributed by atoms with Crippen LogP contribution in [-0.4, -0.2) is 49.1 Å². The van der Waals surface area contributed by atoms with Crippen molar-refractivity contribution in [3.63, 3.8) is 0 Å². The number of halogens is 4. The summed E-state index contributed by atoms with van der Waals surface area (Å²) in [6, 6.07) is 20.2. The Morgan fingerprint density at radius 3 is 2.28 bits per heavy atom. The van der Waals surface area contributed by atoms with Crippen LogP contribution in [0.4, 0.5) is 24.5 Å². The number of carbonyl (C=O) groups is 2. The lowest BCUT2D eigenvalue weighted by Gasteiger charge is -2.37.